The highest BCUT2D eigenvalue weighted by atomic mass is 35.5. The van der Waals surface area contributed by atoms with E-state index < -0.39 is 5.82 Å². The summed E-state index contributed by atoms with van der Waals surface area (Å²) >= 11 is 18.5. The van der Waals surface area contributed by atoms with Gasteiger partial charge < -0.3 is 9.47 Å². The number of Topliss-reactive ketones (excluding diaryl/α,β-unsaturated/α-hetero) is 1. The zero-order valence-electron chi connectivity index (χ0n) is 17.4. The lowest BCUT2D eigenvalue weighted by atomic mass is 9.98. The third kappa shape index (κ3) is 4.11. The molecular weight excluding hydrogens is 488 g/mol. The van der Waals surface area contributed by atoms with Crippen molar-refractivity contribution in [3.05, 3.63) is 96.9 Å². The molecule has 0 fully saturated rings. The number of ketones is 1. The summed E-state index contributed by atoms with van der Waals surface area (Å²) in [6.45, 7) is 3.19. The maximum atomic E-state index is 14.3. The average Bonchev–Trinajstić information content (AvgIpc) is 3.10. The number of ether oxygens (including phenoxy) is 2. The van der Waals surface area contributed by atoms with Crippen LogP contribution in [0.2, 0.25) is 15.1 Å². The quantitative estimate of drug-likeness (QED) is 0.358. The average molecular weight is 505 g/mol. The predicted molar refractivity (Wildman–Crippen MR) is 127 cm³/mol. The lowest BCUT2D eigenvalue weighted by Gasteiger charge is -2.30. The number of carbonyl (C=O) groups excluding carboxylic acids is 1. The third-order valence-electron chi connectivity index (χ3n) is 5.67. The van der Waals surface area contributed by atoms with E-state index in [0.717, 1.165) is 16.7 Å². The number of benzene rings is 3. The molecule has 3 aromatic carbocycles. The summed E-state index contributed by atoms with van der Waals surface area (Å²) < 4.78 is 26.2. The zero-order valence-corrected chi connectivity index (χ0v) is 19.7. The molecule has 0 amide bonds. The van der Waals surface area contributed by atoms with Gasteiger partial charge in [0.25, 0.3) is 0 Å². The topological polar surface area (TPSA) is 38.8 Å². The monoisotopic (exact) mass is 503 g/mol. The fourth-order valence-electron chi connectivity index (χ4n) is 4.05. The van der Waals surface area contributed by atoms with Crippen molar-refractivity contribution < 1.29 is 18.7 Å². The van der Waals surface area contributed by atoms with Crippen molar-refractivity contribution in [1.82, 2.24) is 4.90 Å². The minimum atomic E-state index is -0.532. The third-order valence-corrected chi connectivity index (χ3v) is 6.59. The molecule has 4 nitrogen and oxygen atoms in total. The molecule has 0 aromatic heterocycles. The van der Waals surface area contributed by atoms with Gasteiger partial charge in [-0.05, 0) is 54.5 Å². The van der Waals surface area contributed by atoms with Crippen LogP contribution in [0.25, 0.3) is 6.08 Å². The number of hydrogen-bond donors (Lipinski definition) is 0. The van der Waals surface area contributed by atoms with Gasteiger partial charge in [0.05, 0.1) is 16.1 Å². The summed E-state index contributed by atoms with van der Waals surface area (Å²) in [6.07, 6.45) is 1.35. The number of allylic oxidation sites excluding steroid dienone is 1. The predicted octanol–water partition coefficient (Wildman–Crippen LogP) is 7.06. The molecule has 0 bridgehead atoms. The van der Waals surface area contributed by atoms with Gasteiger partial charge >= 0.3 is 0 Å². The Hall–Kier alpha value is -2.57. The smallest absolute Gasteiger partial charge is 0.232 e. The van der Waals surface area contributed by atoms with Crippen LogP contribution in [0, 0.1) is 12.7 Å². The number of carbonyl (C=O) groups is 1. The van der Waals surface area contributed by atoms with Crippen molar-refractivity contribution in [2.75, 3.05) is 6.73 Å². The van der Waals surface area contributed by atoms with Gasteiger partial charge in [0, 0.05) is 28.7 Å². The summed E-state index contributed by atoms with van der Waals surface area (Å²) in [4.78, 5) is 15.2. The Morgan fingerprint density at radius 2 is 1.94 bits per heavy atom. The van der Waals surface area contributed by atoms with E-state index in [2.05, 4.69) is 0 Å². The minimum absolute atomic E-state index is 0.0198. The van der Waals surface area contributed by atoms with Crippen LogP contribution in [-0.2, 0) is 13.1 Å². The van der Waals surface area contributed by atoms with Crippen LogP contribution in [0.15, 0.2) is 48.2 Å². The van der Waals surface area contributed by atoms with Crippen molar-refractivity contribution in [1.29, 1.82) is 0 Å². The van der Waals surface area contributed by atoms with Crippen molar-refractivity contribution in [2.24, 2.45) is 0 Å². The molecule has 0 radical (unpaired) electrons. The molecule has 0 unspecified atom stereocenters. The molecule has 0 saturated carbocycles. The molecule has 0 atom stereocenters. The second kappa shape index (κ2) is 8.65. The molecule has 2 aliphatic heterocycles. The fourth-order valence-corrected chi connectivity index (χ4v) is 4.73. The lowest BCUT2D eigenvalue weighted by molar-refractivity contribution is 0.0872. The molecule has 33 heavy (non-hydrogen) atoms. The van der Waals surface area contributed by atoms with Crippen molar-refractivity contribution in [3.8, 4) is 11.5 Å². The molecule has 8 heteroatoms. The molecule has 2 heterocycles. The number of rotatable bonds is 3. The van der Waals surface area contributed by atoms with E-state index in [9.17, 15) is 9.18 Å². The standard InChI is InChI=1S/C25H17Cl3FNO3/c1-13-7-21-17(11-30(12-32-21)10-14-5-6-15(26)8-19(14)28)25-23(13)24(31)22(33-25)9-16-18(27)3-2-4-20(16)29/h2-9H,10-12H2,1H3/b22-9-. The number of hydrogen-bond acceptors (Lipinski definition) is 4. The van der Waals surface area contributed by atoms with Crippen molar-refractivity contribution in [3.63, 3.8) is 0 Å². The first-order chi connectivity index (χ1) is 15.8. The zero-order chi connectivity index (χ0) is 23.3. The van der Waals surface area contributed by atoms with E-state index in [1.54, 1.807) is 18.2 Å². The van der Waals surface area contributed by atoms with Gasteiger partial charge in [-0.25, -0.2) is 4.39 Å². The van der Waals surface area contributed by atoms with E-state index in [1.807, 2.05) is 24.0 Å². The van der Waals surface area contributed by atoms with Gasteiger partial charge in [-0.1, -0.05) is 46.9 Å². The summed E-state index contributed by atoms with van der Waals surface area (Å²) in [6, 6.07) is 11.5. The molecule has 0 spiro atoms. The second-order valence-electron chi connectivity index (χ2n) is 7.95. The highest BCUT2D eigenvalue weighted by Gasteiger charge is 2.35. The molecular formula is C25H17Cl3FNO3. The van der Waals surface area contributed by atoms with Gasteiger partial charge in [-0.2, -0.15) is 0 Å². The van der Waals surface area contributed by atoms with E-state index in [-0.39, 0.29) is 22.1 Å². The SMILES string of the molecule is Cc1cc2c(c3c1C(=O)/C(=C/c1c(F)cccc1Cl)O3)CN(Cc1ccc(Cl)cc1Cl)CO2. The highest BCUT2D eigenvalue weighted by molar-refractivity contribution is 6.35. The summed E-state index contributed by atoms with van der Waals surface area (Å²) in [7, 11) is 0. The van der Waals surface area contributed by atoms with Gasteiger partial charge in [0.15, 0.2) is 5.76 Å². The maximum Gasteiger partial charge on any atom is 0.232 e. The normalized spacial score (nSPS) is 16.4. The largest absolute Gasteiger partial charge is 0.478 e. The maximum absolute atomic E-state index is 14.3. The first kappa shape index (κ1) is 22.2. The van der Waals surface area contributed by atoms with Gasteiger partial charge in [-0.3, -0.25) is 9.69 Å². The lowest BCUT2D eigenvalue weighted by Crippen LogP contribution is -2.32. The number of halogens is 4. The molecule has 0 N–H and O–H groups in total. The summed E-state index contributed by atoms with van der Waals surface area (Å²) in [5, 5.41) is 1.34. The van der Waals surface area contributed by atoms with E-state index >= 15 is 0 Å². The Balaban J connectivity index is 1.48. The fraction of sp³-hybridized carbons (Fsp3) is 0.160. The van der Waals surface area contributed by atoms with E-state index in [0.29, 0.717) is 46.9 Å². The highest BCUT2D eigenvalue weighted by Crippen LogP contribution is 2.44. The van der Waals surface area contributed by atoms with Crippen LogP contribution in [0.5, 0.6) is 11.5 Å². The molecule has 3 aromatic rings. The van der Waals surface area contributed by atoms with Crippen LogP contribution in [-0.4, -0.2) is 17.4 Å². The van der Waals surface area contributed by atoms with Crippen molar-refractivity contribution in [2.45, 2.75) is 20.0 Å². The minimum Gasteiger partial charge on any atom is -0.478 e. The van der Waals surface area contributed by atoms with Gasteiger partial charge in [0.2, 0.25) is 5.78 Å². The Bertz CT molecular complexity index is 1320. The van der Waals surface area contributed by atoms with E-state index in [4.69, 9.17) is 44.3 Å². The Morgan fingerprint density at radius 1 is 1.12 bits per heavy atom. The molecule has 0 saturated heterocycles. The Kier molecular flexibility index (Phi) is 5.83. The summed E-state index contributed by atoms with van der Waals surface area (Å²) in [5.74, 6) is 0.257. The molecule has 0 aliphatic carbocycles. The molecule has 5 rings (SSSR count). The van der Waals surface area contributed by atoms with Crippen molar-refractivity contribution >= 4 is 46.7 Å². The van der Waals surface area contributed by atoms with E-state index in [1.165, 1.54) is 18.2 Å². The second-order valence-corrected chi connectivity index (χ2v) is 9.20. The first-order valence-corrected chi connectivity index (χ1v) is 11.3. The van der Waals surface area contributed by atoms with Gasteiger partial charge in [0.1, 0.15) is 24.0 Å². The van der Waals surface area contributed by atoms with Crippen LogP contribution < -0.4 is 9.47 Å². The molecule has 168 valence electrons. The number of nitrogens with zero attached hydrogens (tertiary/aromatic N) is 1. The Morgan fingerprint density at radius 3 is 2.70 bits per heavy atom. The van der Waals surface area contributed by atoms with Crippen LogP contribution >= 0.6 is 34.8 Å². The first-order valence-electron chi connectivity index (χ1n) is 10.2. The molecule has 2 aliphatic rings. The van der Waals surface area contributed by atoms with Crippen LogP contribution in [0.1, 0.15) is 32.6 Å². The van der Waals surface area contributed by atoms with Crippen LogP contribution in [0.3, 0.4) is 0 Å². The number of fused-ring (bicyclic) bond motifs is 3. The number of aryl methyl sites for hydroxylation is 1. The van der Waals surface area contributed by atoms with Crippen LogP contribution in [0.4, 0.5) is 4.39 Å². The van der Waals surface area contributed by atoms with Gasteiger partial charge in [-0.15, -0.1) is 0 Å². The summed E-state index contributed by atoms with van der Waals surface area (Å²) in [5.41, 5.74) is 2.94. The Labute approximate surface area is 205 Å².